The Kier molecular flexibility index (Phi) is 3.57. The molecule has 4 nitrogen and oxygen atoms in total. The van der Waals surface area contributed by atoms with Crippen LogP contribution in [0, 0.1) is 11.3 Å². The summed E-state index contributed by atoms with van der Waals surface area (Å²) in [7, 11) is 0. The Labute approximate surface area is 122 Å². The van der Waals surface area contributed by atoms with Crippen molar-refractivity contribution in [1.29, 1.82) is 5.26 Å². The Morgan fingerprint density at radius 2 is 1.67 bits per heavy atom. The number of aromatic amines is 1. The van der Waals surface area contributed by atoms with Crippen LogP contribution in [0.2, 0.25) is 0 Å². The van der Waals surface area contributed by atoms with E-state index in [-0.39, 0.29) is 0 Å². The highest BCUT2D eigenvalue weighted by Crippen LogP contribution is 2.25. The van der Waals surface area contributed by atoms with E-state index in [4.69, 9.17) is 5.26 Å². The van der Waals surface area contributed by atoms with E-state index in [1.165, 1.54) is 0 Å². The van der Waals surface area contributed by atoms with Gasteiger partial charge in [-0.1, -0.05) is 66.7 Å². The van der Waals surface area contributed by atoms with Crippen molar-refractivity contribution in [3.05, 3.63) is 71.4 Å². The molecule has 2 aromatic carbocycles. The number of nitrogens with one attached hydrogen (secondary N) is 1. The summed E-state index contributed by atoms with van der Waals surface area (Å²) < 4.78 is 0. The zero-order valence-corrected chi connectivity index (χ0v) is 11.2. The predicted octanol–water partition coefficient (Wildman–Crippen LogP) is 3.51. The Morgan fingerprint density at radius 1 is 0.905 bits per heavy atom. The van der Waals surface area contributed by atoms with Crippen molar-refractivity contribution in [2.45, 2.75) is 0 Å². The molecular formula is C17H12N4. The van der Waals surface area contributed by atoms with E-state index in [1.54, 1.807) is 0 Å². The Balaban J connectivity index is 2.01. The minimum absolute atomic E-state index is 0.301. The normalized spacial score (nSPS) is 10.6. The number of hydrogen-bond donors (Lipinski definition) is 1. The zero-order chi connectivity index (χ0) is 14.5. The number of aromatic nitrogens is 3. The third-order valence-corrected chi connectivity index (χ3v) is 3.12. The fraction of sp³-hybridized carbons (Fsp3) is 0. The van der Waals surface area contributed by atoms with Gasteiger partial charge in [0.15, 0.2) is 5.69 Å². The summed E-state index contributed by atoms with van der Waals surface area (Å²) in [5, 5.41) is 19.5. The lowest BCUT2D eigenvalue weighted by Crippen LogP contribution is -1.86. The summed E-state index contributed by atoms with van der Waals surface area (Å²) in [5.74, 6) is 0. The highest BCUT2D eigenvalue weighted by Gasteiger charge is 2.11. The van der Waals surface area contributed by atoms with Crippen molar-refractivity contribution < 1.29 is 0 Å². The molecule has 0 saturated carbocycles. The molecule has 3 aromatic rings. The van der Waals surface area contributed by atoms with E-state index in [9.17, 15) is 0 Å². The lowest BCUT2D eigenvalue weighted by molar-refractivity contribution is 0.937. The van der Waals surface area contributed by atoms with Gasteiger partial charge in [-0.25, -0.2) is 0 Å². The molecular weight excluding hydrogens is 260 g/mol. The maximum absolute atomic E-state index is 9.08. The average molecular weight is 272 g/mol. The molecule has 0 radical (unpaired) electrons. The van der Waals surface area contributed by atoms with Gasteiger partial charge < -0.3 is 0 Å². The monoisotopic (exact) mass is 272 g/mol. The molecule has 0 aliphatic carbocycles. The maximum Gasteiger partial charge on any atom is 0.190 e. The molecule has 3 rings (SSSR count). The quantitative estimate of drug-likeness (QED) is 0.742. The van der Waals surface area contributed by atoms with Gasteiger partial charge in [-0.05, 0) is 11.1 Å². The number of benzene rings is 2. The Morgan fingerprint density at radius 3 is 2.48 bits per heavy atom. The largest absolute Gasteiger partial charge is 0.196 e. The molecule has 0 fully saturated rings. The summed E-state index contributed by atoms with van der Waals surface area (Å²) in [6, 6.07) is 19.9. The van der Waals surface area contributed by atoms with Crippen LogP contribution >= 0.6 is 0 Å². The van der Waals surface area contributed by atoms with Gasteiger partial charge in [0.1, 0.15) is 11.8 Å². The molecule has 1 aromatic heterocycles. The van der Waals surface area contributed by atoms with Crippen molar-refractivity contribution in [2.24, 2.45) is 0 Å². The maximum atomic E-state index is 9.08. The van der Waals surface area contributed by atoms with Crippen molar-refractivity contribution >= 4 is 12.2 Å². The molecule has 1 heterocycles. The molecule has 0 atom stereocenters. The SMILES string of the molecule is N#Cc1n[nH]nc1-c1ccccc1/C=C/c1ccccc1. The van der Waals surface area contributed by atoms with Crippen LogP contribution in [0.1, 0.15) is 16.8 Å². The van der Waals surface area contributed by atoms with Gasteiger partial charge in [0.05, 0.1) is 0 Å². The van der Waals surface area contributed by atoms with E-state index in [1.807, 2.05) is 72.8 Å². The first-order valence-corrected chi connectivity index (χ1v) is 6.52. The lowest BCUT2D eigenvalue weighted by atomic mass is 10.0. The van der Waals surface area contributed by atoms with Gasteiger partial charge in [0.2, 0.25) is 0 Å². The highest BCUT2D eigenvalue weighted by molar-refractivity contribution is 5.80. The molecule has 0 spiro atoms. The molecule has 0 aliphatic rings. The number of nitrogens with zero attached hydrogens (tertiary/aromatic N) is 3. The minimum Gasteiger partial charge on any atom is -0.196 e. The lowest BCUT2D eigenvalue weighted by Gasteiger charge is -2.02. The van der Waals surface area contributed by atoms with Gasteiger partial charge in [0.25, 0.3) is 0 Å². The Bertz CT molecular complexity index is 810. The van der Waals surface area contributed by atoms with Crippen molar-refractivity contribution in [1.82, 2.24) is 15.4 Å². The van der Waals surface area contributed by atoms with Crippen LogP contribution < -0.4 is 0 Å². The second kappa shape index (κ2) is 5.85. The van der Waals surface area contributed by atoms with Crippen LogP contribution in [0.3, 0.4) is 0 Å². The molecule has 1 N–H and O–H groups in total. The van der Waals surface area contributed by atoms with Gasteiger partial charge in [0, 0.05) is 5.56 Å². The van der Waals surface area contributed by atoms with E-state index in [2.05, 4.69) is 15.4 Å². The molecule has 0 aliphatic heterocycles. The smallest absolute Gasteiger partial charge is 0.190 e. The zero-order valence-electron chi connectivity index (χ0n) is 11.2. The number of hydrogen-bond acceptors (Lipinski definition) is 3. The second-order valence-electron chi connectivity index (χ2n) is 4.46. The predicted molar refractivity (Wildman–Crippen MR) is 81.9 cm³/mol. The van der Waals surface area contributed by atoms with E-state index >= 15 is 0 Å². The van der Waals surface area contributed by atoms with E-state index < -0.39 is 0 Å². The molecule has 0 bridgehead atoms. The van der Waals surface area contributed by atoms with Crippen LogP contribution in [0.4, 0.5) is 0 Å². The summed E-state index contributed by atoms with van der Waals surface area (Å²) in [6.07, 6.45) is 4.05. The van der Waals surface area contributed by atoms with E-state index in [0.29, 0.717) is 11.4 Å². The van der Waals surface area contributed by atoms with Crippen LogP contribution in [0.15, 0.2) is 54.6 Å². The number of rotatable bonds is 3. The number of H-pyrrole nitrogens is 1. The fourth-order valence-electron chi connectivity index (χ4n) is 2.10. The first kappa shape index (κ1) is 12.8. The van der Waals surface area contributed by atoms with Crippen LogP contribution in [0.25, 0.3) is 23.4 Å². The summed E-state index contributed by atoms with van der Waals surface area (Å²) in [4.78, 5) is 0. The first-order valence-electron chi connectivity index (χ1n) is 6.52. The van der Waals surface area contributed by atoms with E-state index in [0.717, 1.165) is 16.7 Å². The Hall–Kier alpha value is -3.19. The number of nitriles is 1. The molecule has 0 unspecified atom stereocenters. The van der Waals surface area contributed by atoms with Gasteiger partial charge >= 0.3 is 0 Å². The first-order chi connectivity index (χ1) is 10.4. The summed E-state index contributed by atoms with van der Waals surface area (Å²) in [6.45, 7) is 0. The van der Waals surface area contributed by atoms with Crippen molar-refractivity contribution in [2.75, 3.05) is 0 Å². The molecule has 21 heavy (non-hydrogen) atoms. The van der Waals surface area contributed by atoms with Gasteiger partial charge in [-0.15, -0.1) is 5.10 Å². The van der Waals surface area contributed by atoms with Crippen LogP contribution in [-0.4, -0.2) is 15.4 Å². The van der Waals surface area contributed by atoms with Gasteiger partial charge in [-0.3, -0.25) is 0 Å². The van der Waals surface area contributed by atoms with Gasteiger partial charge in [-0.2, -0.15) is 15.6 Å². The standard InChI is InChI=1S/C17H12N4/c18-12-16-17(20-21-19-16)15-9-5-4-8-14(15)11-10-13-6-2-1-3-7-13/h1-11H,(H,19,20,21)/b11-10+. The van der Waals surface area contributed by atoms with Crippen LogP contribution in [-0.2, 0) is 0 Å². The second-order valence-corrected chi connectivity index (χ2v) is 4.46. The summed E-state index contributed by atoms with van der Waals surface area (Å²) in [5.41, 5.74) is 3.87. The molecule has 100 valence electrons. The highest BCUT2D eigenvalue weighted by atomic mass is 15.3. The molecule has 0 saturated heterocycles. The van der Waals surface area contributed by atoms with Crippen LogP contribution in [0.5, 0.6) is 0 Å². The third-order valence-electron chi connectivity index (χ3n) is 3.12. The topological polar surface area (TPSA) is 65.4 Å². The fourth-order valence-corrected chi connectivity index (χ4v) is 2.10. The van der Waals surface area contributed by atoms with Crippen molar-refractivity contribution in [3.63, 3.8) is 0 Å². The van der Waals surface area contributed by atoms with Crippen molar-refractivity contribution in [3.8, 4) is 17.3 Å². The third kappa shape index (κ3) is 2.72. The summed E-state index contributed by atoms with van der Waals surface area (Å²) >= 11 is 0. The average Bonchev–Trinajstić information content (AvgIpc) is 3.02. The molecule has 4 heteroatoms. The molecule has 0 amide bonds. The minimum atomic E-state index is 0.301.